The van der Waals surface area contributed by atoms with Gasteiger partial charge in [-0.15, -0.1) is 0 Å². The molecule has 6 nitrogen and oxygen atoms in total. The molecule has 0 saturated carbocycles. The molecule has 1 amide bonds. The molecule has 3 N–H and O–H groups in total. The minimum Gasteiger partial charge on any atom is -0.494 e. The number of rotatable bonds is 5. The Bertz CT molecular complexity index is 567. The summed E-state index contributed by atoms with van der Waals surface area (Å²) in [5, 5.41) is 1.91. The van der Waals surface area contributed by atoms with Gasteiger partial charge >= 0.3 is 0 Å². The summed E-state index contributed by atoms with van der Waals surface area (Å²) < 4.78 is 28.3. The Morgan fingerprint density at radius 1 is 1.42 bits per heavy atom. The van der Waals surface area contributed by atoms with Crippen LogP contribution in [0.5, 0.6) is 5.75 Å². The smallest absolute Gasteiger partial charge is 0.239 e. The predicted molar refractivity (Wildman–Crippen MR) is 75.0 cm³/mol. The van der Waals surface area contributed by atoms with E-state index < -0.39 is 26.7 Å². The normalized spacial score (nSPS) is 11.4. The van der Waals surface area contributed by atoms with Crippen LogP contribution >= 0.6 is 0 Å². The molecule has 0 heterocycles. The fourth-order valence-electron chi connectivity index (χ4n) is 1.35. The summed E-state index contributed by atoms with van der Waals surface area (Å²) in [4.78, 5) is 11.7. The predicted octanol–water partition coefficient (Wildman–Crippen LogP) is 1.04. The number of sulfone groups is 1. The lowest BCUT2D eigenvalue weighted by Crippen LogP contribution is -2.28. The number of nitrogens with two attached hydrogens (primary N) is 1. The fourth-order valence-corrected chi connectivity index (χ4v) is 2.12. The summed E-state index contributed by atoms with van der Waals surface area (Å²) in [6.45, 7) is 3.07. The van der Waals surface area contributed by atoms with Crippen LogP contribution in [0.2, 0.25) is 0 Å². The van der Waals surface area contributed by atoms with Crippen LogP contribution in [0.1, 0.15) is 13.8 Å². The van der Waals surface area contributed by atoms with Crippen LogP contribution in [0.3, 0.4) is 0 Å². The van der Waals surface area contributed by atoms with E-state index in [0.717, 1.165) is 0 Å². The first-order chi connectivity index (χ1) is 8.76. The number of hydrogen-bond donors (Lipinski definition) is 2. The van der Waals surface area contributed by atoms with E-state index in [4.69, 9.17) is 10.5 Å². The van der Waals surface area contributed by atoms with E-state index in [1.165, 1.54) is 21.0 Å². The molecule has 19 heavy (non-hydrogen) atoms. The molecule has 1 aromatic rings. The zero-order valence-electron chi connectivity index (χ0n) is 11.1. The van der Waals surface area contributed by atoms with Crippen molar-refractivity contribution in [3.8, 4) is 5.75 Å². The number of benzene rings is 1. The summed E-state index contributed by atoms with van der Waals surface area (Å²) in [6.07, 6.45) is 0. The Balaban J connectivity index is 2.84. The molecule has 0 fully saturated rings. The van der Waals surface area contributed by atoms with Gasteiger partial charge in [-0.1, -0.05) is 0 Å². The van der Waals surface area contributed by atoms with E-state index in [-0.39, 0.29) is 0 Å². The molecule has 0 atom stereocenters. The van der Waals surface area contributed by atoms with Crippen LogP contribution in [0.4, 0.5) is 11.4 Å². The third-order valence-electron chi connectivity index (χ3n) is 2.55. The van der Waals surface area contributed by atoms with E-state index >= 15 is 0 Å². The van der Waals surface area contributed by atoms with Gasteiger partial charge in [0.05, 0.1) is 18.0 Å². The van der Waals surface area contributed by atoms with Crippen molar-refractivity contribution in [1.29, 1.82) is 0 Å². The highest BCUT2D eigenvalue weighted by molar-refractivity contribution is 7.92. The second-order valence-electron chi connectivity index (χ2n) is 4.36. The number of ether oxygens (including phenoxy) is 1. The molecule has 1 rings (SSSR count). The van der Waals surface area contributed by atoms with Crippen molar-refractivity contribution in [3.63, 3.8) is 0 Å². The molecule has 0 radical (unpaired) electrons. The van der Waals surface area contributed by atoms with Crippen LogP contribution in [-0.4, -0.2) is 32.4 Å². The van der Waals surface area contributed by atoms with Crippen molar-refractivity contribution < 1.29 is 17.9 Å². The van der Waals surface area contributed by atoms with Gasteiger partial charge in [0, 0.05) is 11.8 Å². The number of carbonyl (C=O) groups is 1. The van der Waals surface area contributed by atoms with Crippen molar-refractivity contribution in [3.05, 3.63) is 18.2 Å². The monoisotopic (exact) mass is 286 g/mol. The van der Waals surface area contributed by atoms with Gasteiger partial charge in [-0.2, -0.15) is 0 Å². The molecule has 7 heteroatoms. The van der Waals surface area contributed by atoms with Gasteiger partial charge < -0.3 is 15.8 Å². The Morgan fingerprint density at radius 2 is 2.05 bits per heavy atom. The summed E-state index contributed by atoms with van der Waals surface area (Å²) in [6, 6.07) is 4.70. The van der Waals surface area contributed by atoms with E-state index in [9.17, 15) is 13.2 Å². The zero-order valence-corrected chi connectivity index (χ0v) is 12.0. The molecule has 0 bridgehead atoms. The van der Waals surface area contributed by atoms with Crippen LogP contribution < -0.4 is 15.8 Å². The molecule has 1 aromatic carbocycles. The standard InChI is InChI=1S/C12H18N2O4S/c1-8(2)19(16,17)7-12(15)14-10-5-4-9(13)6-11(10)18-3/h4-6,8H,7,13H2,1-3H3,(H,14,15). The van der Waals surface area contributed by atoms with E-state index in [1.807, 2.05) is 0 Å². The lowest BCUT2D eigenvalue weighted by molar-refractivity contribution is -0.113. The first-order valence-corrected chi connectivity index (χ1v) is 7.42. The Kier molecular flexibility index (Phi) is 4.77. The number of anilines is 2. The highest BCUT2D eigenvalue weighted by Crippen LogP contribution is 2.26. The maximum absolute atomic E-state index is 11.7. The van der Waals surface area contributed by atoms with Crippen LogP contribution in [0.15, 0.2) is 18.2 Å². The molecule has 0 spiro atoms. The number of hydrogen-bond acceptors (Lipinski definition) is 5. The second kappa shape index (κ2) is 5.92. The molecule has 0 saturated heterocycles. The Morgan fingerprint density at radius 3 is 2.58 bits per heavy atom. The number of methoxy groups -OCH3 is 1. The summed E-state index contributed by atoms with van der Waals surface area (Å²) in [5.74, 6) is -0.773. The molecule has 0 aliphatic rings. The first-order valence-electron chi connectivity index (χ1n) is 5.71. The van der Waals surface area contributed by atoms with E-state index in [1.54, 1.807) is 18.2 Å². The van der Waals surface area contributed by atoms with Crippen molar-refractivity contribution in [2.45, 2.75) is 19.1 Å². The summed E-state index contributed by atoms with van der Waals surface area (Å²) in [7, 11) is -1.98. The molecular weight excluding hydrogens is 268 g/mol. The SMILES string of the molecule is COc1cc(N)ccc1NC(=O)CS(=O)(=O)C(C)C. The summed E-state index contributed by atoms with van der Waals surface area (Å²) in [5.41, 5.74) is 6.47. The van der Waals surface area contributed by atoms with Crippen molar-refractivity contribution in [1.82, 2.24) is 0 Å². The van der Waals surface area contributed by atoms with E-state index in [2.05, 4.69) is 5.32 Å². The average Bonchev–Trinajstić information content (AvgIpc) is 2.30. The minimum absolute atomic E-state index is 0.385. The molecule has 0 aliphatic heterocycles. The number of nitrogen functional groups attached to an aromatic ring is 1. The van der Waals surface area contributed by atoms with Crippen LogP contribution in [-0.2, 0) is 14.6 Å². The number of carbonyl (C=O) groups excluding carboxylic acids is 1. The molecule has 0 unspecified atom stereocenters. The molecule has 0 aromatic heterocycles. The van der Waals surface area contributed by atoms with Crippen LogP contribution in [0.25, 0.3) is 0 Å². The highest BCUT2D eigenvalue weighted by Gasteiger charge is 2.21. The first kappa shape index (κ1) is 15.3. The Hall–Kier alpha value is -1.76. The maximum Gasteiger partial charge on any atom is 0.239 e. The highest BCUT2D eigenvalue weighted by atomic mass is 32.2. The third kappa shape index (κ3) is 4.13. The maximum atomic E-state index is 11.7. The van der Waals surface area contributed by atoms with Gasteiger partial charge in [0.1, 0.15) is 11.5 Å². The van der Waals surface area contributed by atoms with Gasteiger partial charge in [-0.25, -0.2) is 8.42 Å². The van der Waals surface area contributed by atoms with Crippen molar-refractivity contribution >= 4 is 27.1 Å². The number of amides is 1. The minimum atomic E-state index is -3.42. The van der Waals surface area contributed by atoms with Gasteiger partial charge in [-0.05, 0) is 26.0 Å². The average molecular weight is 286 g/mol. The fraction of sp³-hybridized carbons (Fsp3) is 0.417. The summed E-state index contributed by atoms with van der Waals surface area (Å²) >= 11 is 0. The van der Waals surface area contributed by atoms with Gasteiger partial charge in [0.15, 0.2) is 9.84 Å². The van der Waals surface area contributed by atoms with Gasteiger partial charge in [-0.3, -0.25) is 4.79 Å². The third-order valence-corrected chi connectivity index (χ3v) is 4.65. The molecule has 0 aliphatic carbocycles. The van der Waals surface area contributed by atoms with Crippen molar-refractivity contribution in [2.24, 2.45) is 0 Å². The lowest BCUT2D eigenvalue weighted by Gasteiger charge is -2.12. The van der Waals surface area contributed by atoms with Gasteiger partial charge in [0.25, 0.3) is 0 Å². The Labute approximate surface area is 112 Å². The largest absolute Gasteiger partial charge is 0.494 e. The molecular formula is C12H18N2O4S. The molecule has 106 valence electrons. The van der Waals surface area contributed by atoms with E-state index in [0.29, 0.717) is 17.1 Å². The number of nitrogens with one attached hydrogen (secondary N) is 1. The zero-order chi connectivity index (χ0) is 14.6. The quantitative estimate of drug-likeness (QED) is 0.788. The van der Waals surface area contributed by atoms with Crippen LogP contribution in [0, 0.1) is 0 Å². The van der Waals surface area contributed by atoms with Gasteiger partial charge in [0.2, 0.25) is 5.91 Å². The topological polar surface area (TPSA) is 98.5 Å². The lowest BCUT2D eigenvalue weighted by atomic mass is 10.2. The van der Waals surface area contributed by atoms with Crippen molar-refractivity contribution in [2.75, 3.05) is 23.9 Å². The second-order valence-corrected chi connectivity index (χ2v) is 6.92.